The third kappa shape index (κ3) is 9.73. The number of aryl methyl sites for hydroxylation is 2. The Balaban J connectivity index is 0.000000172. The molecule has 2 aromatic heterocycles. The zero-order valence-corrected chi connectivity index (χ0v) is 35.7. The molecule has 14 heteroatoms. The Morgan fingerprint density at radius 1 is 0.733 bits per heavy atom. The SMILES string of the molecule is Cc1ccc2nc(-c3cc(N4CCC[C@@H](C(=O)NCCN5CCOCC5)C4)ccc3Cl)[nH]c2c1.Cc1ccc2nc(-c3cc(N4CCC[C@@H](C(=O)O)C4)ccc3Cl)[nH]c2c1. The number of fused-ring (bicyclic) bond motifs is 2. The van der Waals surface area contributed by atoms with E-state index in [1.165, 1.54) is 11.1 Å². The van der Waals surface area contributed by atoms with Gasteiger partial charge in [-0.1, -0.05) is 35.3 Å². The highest BCUT2D eigenvalue weighted by atomic mass is 35.5. The molecular weight excluding hydrogens is 799 g/mol. The maximum absolute atomic E-state index is 12.9. The van der Waals surface area contributed by atoms with Crippen molar-refractivity contribution in [3.63, 3.8) is 0 Å². The molecular formula is C46H52Cl2N8O4. The number of aliphatic carboxylic acids is 1. The van der Waals surface area contributed by atoms with Crippen molar-refractivity contribution >= 4 is 68.5 Å². The van der Waals surface area contributed by atoms with E-state index in [0.717, 1.165) is 128 Å². The highest BCUT2D eigenvalue weighted by Crippen LogP contribution is 2.35. The summed E-state index contributed by atoms with van der Waals surface area (Å²) in [7, 11) is 0. The van der Waals surface area contributed by atoms with Crippen LogP contribution in [-0.2, 0) is 14.3 Å². The lowest BCUT2D eigenvalue weighted by molar-refractivity contribution is -0.142. The predicted octanol–water partition coefficient (Wildman–Crippen LogP) is 8.35. The number of aromatic nitrogens is 4. The molecule has 1 amide bonds. The monoisotopic (exact) mass is 850 g/mol. The van der Waals surface area contributed by atoms with Gasteiger partial charge in [-0.05, 0) is 111 Å². The van der Waals surface area contributed by atoms with E-state index in [9.17, 15) is 14.7 Å². The van der Waals surface area contributed by atoms with E-state index in [1.807, 2.05) is 55.5 Å². The number of carboxylic acids is 1. The van der Waals surface area contributed by atoms with E-state index in [-0.39, 0.29) is 17.7 Å². The largest absolute Gasteiger partial charge is 0.481 e. The van der Waals surface area contributed by atoms with Crippen LogP contribution in [0.4, 0.5) is 11.4 Å². The van der Waals surface area contributed by atoms with Gasteiger partial charge in [0.15, 0.2) is 0 Å². The molecule has 4 N–H and O–H groups in total. The number of carbonyl (C=O) groups is 2. The van der Waals surface area contributed by atoms with Crippen molar-refractivity contribution in [2.45, 2.75) is 39.5 Å². The molecule has 3 aliphatic rings. The molecule has 3 fully saturated rings. The molecule has 6 aromatic rings. The number of benzene rings is 4. The minimum atomic E-state index is -0.725. The van der Waals surface area contributed by atoms with Crippen LogP contribution >= 0.6 is 23.2 Å². The van der Waals surface area contributed by atoms with Gasteiger partial charge in [-0.15, -0.1) is 0 Å². The second-order valence-electron chi connectivity index (χ2n) is 16.2. The van der Waals surface area contributed by atoms with Crippen molar-refractivity contribution in [3.05, 3.63) is 94.0 Å². The first kappa shape index (κ1) is 41.6. The normalized spacial score (nSPS) is 18.7. The summed E-state index contributed by atoms with van der Waals surface area (Å²) in [6.45, 7) is 12.1. The van der Waals surface area contributed by atoms with Crippen LogP contribution in [0.3, 0.4) is 0 Å². The smallest absolute Gasteiger partial charge is 0.308 e. The Labute approximate surface area is 360 Å². The van der Waals surface area contributed by atoms with Crippen LogP contribution in [-0.4, -0.2) is 107 Å². The zero-order valence-electron chi connectivity index (χ0n) is 34.1. The second kappa shape index (κ2) is 18.6. The van der Waals surface area contributed by atoms with Crippen LogP contribution < -0.4 is 15.1 Å². The van der Waals surface area contributed by atoms with E-state index in [0.29, 0.717) is 29.7 Å². The van der Waals surface area contributed by atoms with E-state index >= 15 is 0 Å². The first-order chi connectivity index (χ1) is 29.1. The molecule has 3 saturated heterocycles. The van der Waals surface area contributed by atoms with Gasteiger partial charge in [-0.25, -0.2) is 9.97 Å². The summed E-state index contributed by atoms with van der Waals surface area (Å²) in [5.41, 5.74) is 9.92. The van der Waals surface area contributed by atoms with Crippen molar-refractivity contribution in [1.82, 2.24) is 30.2 Å². The lowest BCUT2D eigenvalue weighted by Gasteiger charge is -2.34. The number of nitrogens with one attached hydrogen (secondary N) is 3. The molecule has 0 bridgehead atoms. The summed E-state index contributed by atoms with van der Waals surface area (Å²) in [4.78, 5) is 47.1. The number of hydrogen-bond donors (Lipinski definition) is 4. The van der Waals surface area contributed by atoms with Gasteiger partial charge in [-0.2, -0.15) is 0 Å². The molecule has 0 spiro atoms. The van der Waals surface area contributed by atoms with Gasteiger partial charge >= 0.3 is 5.97 Å². The van der Waals surface area contributed by atoms with Crippen molar-refractivity contribution in [2.24, 2.45) is 11.8 Å². The van der Waals surface area contributed by atoms with Gasteiger partial charge in [0.05, 0.1) is 57.2 Å². The quantitative estimate of drug-likeness (QED) is 0.113. The topological polar surface area (TPSA) is 143 Å². The van der Waals surface area contributed by atoms with Crippen LogP contribution in [0.2, 0.25) is 10.0 Å². The Morgan fingerprint density at radius 2 is 1.25 bits per heavy atom. The second-order valence-corrected chi connectivity index (χ2v) is 17.0. The van der Waals surface area contributed by atoms with Crippen molar-refractivity contribution in [1.29, 1.82) is 0 Å². The number of aromatic amines is 2. The van der Waals surface area contributed by atoms with Crippen LogP contribution in [0.5, 0.6) is 0 Å². The molecule has 4 aromatic carbocycles. The number of halogens is 2. The molecule has 12 nitrogen and oxygen atoms in total. The van der Waals surface area contributed by atoms with Crippen LogP contribution in [0.1, 0.15) is 36.8 Å². The summed E-state index contributed by atoms with van der Waals surface area (Å²) >= 11 is 13.0. The van der Waals surface area contributed by atoms with Gasteiger partial charge in [0.25, 0.3) is 0 Å². The molecule has 0 aliphatic carbocycles. The first-order valence-corrected chi connectivity index (χ1v) is 21.7. The van der Waals surface area contributed by atoms with E-state index in [4.69, 9.17) is 32.9 Å². The summed E-state index contributed by atoms with van der Waals surface area (Å²) in [5, 5.41) is 13.8. The van der Waals surface area contributed by atoms with Crippen LogP contribution in [0.25, 0.3) is 44.8 Å². The maximum Gasteiger partial charge on any atom is 0.308 e. The Morgan fingerprint density at radius 3 is 1.78 bits per heavy atom. The fourth-order valence-corrected chi connectivity index (χ4v) is 8.84. The number of imidazole rings is 2. The first-order valence-electron chi connectivity index (χ1n) is 20.9. The number of nitrogens with zero attached hydrogens (tertiary/aromatic N) is 5. The van der Waals surface area contributed by atoms with E-state index < -0.39 is 5.97 Å². The van der Waals surface area contributed by atoms with Gasteiger partial charge in [0.1, 0.15) is 11.6 Å². The van der Waals surface area contributed by atoms with Crippen LogP contribution in [0.15, 0.2) is 72.8 Å². The minimum Gasteiger partial charge on any atom is -0.481 e. The molecule has 314 valence electrons. The van der Waals surface area contributed by atoms with Gasteiger partial charge in [0, 0.05) is 74.9 Å². The Bertz CT molecular complexity index is 2480. The zero-order chi connectivity index (χ0) is 41.8. The van der Waals surface area contributed by atoms with Gasteiger partial charge in [0.2, 0.25) is 5.91 Å². The molecule has 3 aliphatic heterocycles. The standard InChI is InChI=1S/C26H32ClN5O2.C20H20ClN3O2/c1-18-4-7-23-24(15-18)30-25(29-23)21-16-20(5-6-22(21)27)32-9-2-3-19(17-32)26(33)28-8-10-31-11-13-34-14-12-31;1-12-4-7-17-18(9-12)23-19(22-17)15-10-14(5-6-16(15)21)24-8-2-3-13(11-24)20(25)26/h4-7,15-16,19H,2-3,8-14,17H2,1H3,(H,28,33)(H,29,30);4-7,9-10,13H,2-3,8,11H2,1H3,(H,22,23)(H,25,26)/t19-;13-/m11/s1. The number of hydrogen-bond acceptors (Lipinski definition) is 8. The van der Waals surface area contributed by atoms with Gasteiger partial charge < -0.3 is 34.9 Å². The summed E-state index contributed by atoms with van der Waals surface area (Å²) in [6, 6.07) is 24.1. The Hall–Kier alpha value is -5.14. The third-order valence-electron chi connectivity index (χ3n) is 11.8. The third-order valence-corrected chi connectivity index (χ3v) is 12.5. The summed E-state index contributed by atoms with van der Waals surface area (Å²) in [6.07, 6.45) is 3.51. The van der Waals surface area contributed by atoms with Crippen molar-refractivity contribution < 1.29 is 19.4 Å². The molecule has 0 unspecified atom stereocenters. The fourth-order valence-electron chi connectivity index (χ4n) is 8.43. The van der Waals surface area contributed by atoms with E-state index in [2.05, 4.69) is 66.2 Å². The average molecular weight is 852 g/mol. The number of carbonyl (C=O) groups excluding carboxylic acids is 1. The minimum absolute atomic E-state index is 0.00765. The number of amides is 1. The number of morpholine rings is 1. The summed E-state index contributed by atoms with van der Waals surface area (Å²) in [5.74, 6) is 0.589. The average Bonchev–Trinajstić information content (AvgIpc) is 3.88. The molecule has 0 radical (unpaired) electrons. The number of carboxylic acid groups (broad SMARTS) is 1. The molecule has 9 rings (SSSR count). The lowest BCUT2D eigenvalue weighted by atomic mass is 9.96. The number of anilines is 2. The summed E-state index contributed by atoms with van der Waals surface area (Å²) < 4.78 is 5.39. The molecule has 5 heterocycles. The number of rotatable bonds is 9. The number of ether oxygens (including phenoxy) is 1. The van der Waals surface area contributed by atoms with E-state index in [1.54, 1.807) is 0 Å². The number of piperidine rings is 2. The Kier molecular flexibility index (Phi) is 12.9. The van der Waals surface area contributed by atoms with Crippen molar-refractivity contribution in [3.8, 4) is 22.8 Å². The van der Waals surface area contributed by atoms with Gasteiger partial charge in [-0.3, -0.25) is 14.5 Å². The van der Waals surface area contributed by atoms with Crippen molar-refractivity contribution in [2.75, 3.05) is 75.4 Å². The molecule has 0 saturated carbocycles. The molecule has 2 atom stereocenters. The number of H-pyrrole nitrogens is 2. The molecule has 60 heavy (non-hydrogen) atoms. The lowest BCUT2D eigenvalue weighted by Crippen LogP contribution is -2.46. The fraction of sp³-hybridized carbons (Fsp3) is 0.391. The highest BCUT2D eigenvalue weighted by Gasteiger charge is 2.28. The maximum atomic E-state index is 12.9. The van der Waals surface area contributed by atoms with Crippen LogP contribution in [0, 0.1) is 25.7 Å². The highest BCUT2D eigenvalue weighted by molar-refractivity contribution is 6.33. The predicted molar refractivity (Wildman–Crippen MR) is 240 cm³/mol.